The molecule has 0 saturated carbocycles. The van der Waals surface area contributed by atoms with E-state index in [1.807, 2.05) is 11.8 Å². The second-order valence-electron chi connectivity index (χ2n) is 6.39. The van der Waals surface area contributed by atoms with Crippen molar-refractivity contribution in [3.05, 3.63) is 35.4 Å². The molecule has 0 aliphatic rings. The maximum absolute atomic E-state index is 5.66. The molecule has 0 aliphatic heterocycles. The zero-order valence-electron chi connectivity index (χ0n) is 12.9. The van der Waals surface area contributed by atoms with Gasteiger partial charge in [-0.2, -0.15) is 11.8 Å². The standard InChI is InChI=1S/C16H28N2S/c1-12(2)14-8-6-13(7-9-14)10-15(18-17)11-19-16(3,4)5/h6-9,12,15,18H,10-11,17H2,1-5H3. The van der Waals surface area contributed by atoms with E-state index in [0.29, 0.717) is 12.0 Å². The number of hydrazine groups is 1. The van der Waals surface area contributed by atoms with Crippen LogP contribution in [0.15, 0.2) is 24.3 Å². The fraction of sp³-hybridized carbons (Fsp3) is 0.625. The van der Waals surface area contributed by atoms with Gasteiger partial charge in [-0.05, 0) is 23.5 Å². The van der Waals surface area contributed by atoms with Gasteiger partial charge in [-0.15, -0.1) is 0 Å². The number of nitrogens with two attached hydrogens (primary N) is 1. The minimum absolute atomic E-state index is 0.288. The highest BCUT2D eigenvalue weighted by molar-refractivity contribution is 8.00. The zero-order chi connectivity index (χ0) is 14.5. The molecule has 0 bridgehead atoms. The first-order valence-electron chi connectivity index (χ1n) is 7.00. The zero-order valence-corrected chi connectivity index (χ0v) is 13.7. The summed E-state index contributed by atoms with van der Waals surface area (Å²) in [5.41, 5.74) is 5.68. The Morgan fingerprint density at radius 1 is 1.16 bits per heavy atom. The van der Waals surface area contributed by atoms with Crippen molar-refractivity contribution in [2.75, 3.05) is 5.75 Å². The number of benzene rings is 1. The molecule has 1 aromatic rings. The smallest absolute Gasteiger partial charge is 0.0341 e. The highest BCUT2D eigenvalue weighted by atomic mass is 32.2. The highest BCUT2D eigenvalue weighted by Gasteiger charge is 2.15. The lowest BCUT2D eigenvalue weighted by molar-refractivity contribution is 0.573. The number of hydrogen-bond acceptors (Lipinski definition) is 3. The van der Waals surface area contributed by atoms with Crippen molar-refractivity contribution >= 4 is 11.8 Å². The van der Waals surface area contributed by atoms with Gasteiger partial charge in [-0.25, -0.2) is 0 Å². The second-order valence-corrected chi connectivity index (χ2v) is 8.23. The molecule has 0 radical (unpaired) electrons. The van der Waals surface area contributed by atoms with E-state index in [1.165, 1.54) is 11.1 Å². The minimum atomic E-state index is 0.288. The predicted molar refractivity (Wildman–Crippen MR) is 87.6 cm³/mol. The van der Waals surface area contributed by atoms with Crippen LogP contribution in [0.1, 0.15) is 51.7 Å². The summed E-state index contributed by atoms with van der Waals surface area (Å²) in [4.78, 5) is 0. The first-order valence-corrected chi connectivity index (χ1v) is 7.99. The van der Waals surface area contributed by atoms with Crippen molar-refractivity contribution in [2.24, 2.45) is 5.84 Å². The summed E-state index contributed by atoms with van der Waals surface area (Å²) in [7, 11) is 0. The molecule has 0 saturated heterocycles. The summed E-state index contributed by atoms with van der Waals surface area (Å²) >= 11 is 1.95. The van der Waals surface area contributed by atoms with Gasteiger partial charge in [0, 0.05) is 16.5 Å². The molecule has 19 heavy (non-hydrogen) atoms. The van der Waals surface area contributed by atoms with Crippen LogP contribution in [0.25, 0.3) is 0 Å². The summed E-state index contributed by atoms with van der Waals surface area (Å²) in [6.07, 6.45) is 0.984. The van der Waals surface area contributed by atoms with E-state index < -0.39 is 0 Å². The molecule has 2 nitrogen and oxygen atoms in total. The molecule has 1 atom stereocenters. The molecular formula is C16H28N2S. The van der Waals surface area contributed by atoms with Gasteiger partial charge in [0.05, 0.1) is 0 Å². The van der Waals surface area contributed by atoms with Gasteiger partial charge in [-0.3, -0.25) is 11.3 Å². The first kappa shape index (κ1) is 16.5. The van der Waals surface area contributed by atoms with Gasteiger partial charge in [0.1, 0.15) is 0 Å². The van der Waals surface area contributed by atoms with Crippen molar-refractivity contribution < 1.29 is 0 Å². The van der Waals surface area contributed by atoms with Crippen molar-refractivity contribution in [1.82, 2.24) is 5.43 Å². The van der Waals surface area contributed by atoms with Crippen LogP contribution in [0.2, 0.25) is 0 Å². The third kappa shape index (κ3) is 6.46. The Hall–Kier alpha value is -0.510. The molecule has 0 aliphatic carbocycles. The van der Waals surface area contributed by atoms with Gasteiger partial charge in [-0.1, -0.05) is 58.9 Å². The average molecular weight is 280 g/mol. The third-order valence-corrected chi connectivity index (χ3v) is 4.52. The second kappa shape index (κ2) is 7.32. The molecule has 108 valence electrons. The van der Waals surface area contributed by atoms with Gasteiger partial charge in [0.15, 0.2) is 0 Å². The van der Waals surface area contributed by atoms with Crippen LogP contribution in [-0.4, -0.2) is 16.5 Å². The molecular weight excluding hydrogens is 252 g/mol. The molecule has 3 heteroatoms. The molecule has 0 spiro atoms. The monoisotopic (exact) mass is 280 g/mol. The normalized spacial score (nSPS) is 13.8. The number of rotatable bonds is 6. The van der Waals surface area contributed by atoms with E-state index in [-0.39, 0.29) is 4.75 Å². The number of nitrogens with one attached hydrogen (secondary N) is 1. The largest absolute Gasteiger partial charge is 0.271 e. The molecule has 1 rings (SSSR count). The predicted octanol–water partition coefficient (Wildman–Crippen LogP) is 3.72. The number of thioether (sulfide) groups is 1. The lowest BCUT2D eigenvalue weighted by Gasteiger charge is -2.22. The Morgan fingerprint density at radius 2 is 1.74 bits per heavy atom. The molecule has 1 aromatic carbocycles. The number of hydrogen-bond donors (Lipinski definition) is 2. The molecule has 0 heterocycles. The summed E-state index contributed by atoms with van der Waals surface area (Å²) in [6, 6.07) is 9.23. The lowest BCUT2D eigenvalue weighted by atomic mass is 9.99. The summed E-state index contributed by atoms with van der Waals surface area (Å²) in [6.45, 7) is 11.2. The summed E-state index contributed by atoms with van der Waals surface area (Å²) in [5, 5.41) is 0. The van der Waals surface area contributed by atoms with E-state index in [9.17, 15) is 0 Å². The van der Waals surface area contributed by atoms with Crippen LogP contribution in [0.3, 0.4) is 0 Å². The third-order valence-electron chi connectivity index (χ3n) is 3.08. The molecule has 0 aromatic heterocycles. The topological polar surface area (TPSA) is 38.0 Å². The van der Waals surface area contributed by atoms with Gasteiger partial charge < -0.3 is 0 Å². The fourth-order valence-electron chi connectivity index (χ4n) is 1.84. The van der Waals surface area contributed by atoms with Crippen molar-refractivity contribution in [3.8, 4) is 0 Å². The van der Waals surface area contributed by atoms with Crippen LogP contribution in [0, 0.1) is 0 Å². The van der Waals surface area contributed by atoms with E-state index in [4.69, 9.17) is 5.84 Å². The highest BCUT2D eigenvalue weighted by Crippen LogP contribution is 2.24. The Balaban J connectivity index is 2.55. The first-order chi connectivity index (χ1) is 8.81. The average Bonchev–Trinajstić information content (AvgIpc) is 2.34. The van der Waals surface area contributed by atoms with Gasteiger partial charge in [0.25, 0.3) is 0 Å². The molecule has 1 unspecified atom stereocenters. The van der Waals surface area contributed by atoms with E-state index in [1.54, 1.807) is 0 Å². The van der Waals surface area contributed by atoms with Crippen LogP contribution >= 0.6 is 11.8 Å². The van der Waals surface area contributed by atoms with Crippen molar-refractivity contribution in [3.63, 3.8) is 0 Å². The van der Waals surface area contributed by atoms with Crippen LogP contribution in [0.5, 0.6) is 0 Å². The molecule has 0 amide bonds. The van der Waals surface area contributed by atoms with Crippen molar-refractivity contribution in [2.45, 2.75) is 57.7 Å². The van der Waals surface area contributed by atoms with Crippen LogP contribution in [-0.2, 0) is 6.42 Å². The quantitative estimate of drug-likeness (QED) is 0.616. The van der Waals surface area contributed by atoms with Crippen LogP contribution < -0.4 is 11.3 Å². The maximum atomic E-state index is 5.66. The Bertz CT molecular complexity index is 365. The summed E-state index contributed by atoms with van der Waals surface area (Å²) < 4.78 is 0.288. The SMILES string of the molecule is CC(C)c1ccc(CC(CSC(C)(C)C)NN)cc1. The Labute approximate surface area is 122 Å². The Kier molecular flexibility index (Phi) is 6.37. The van der Waals surface area contributed by atoms with E-state index in [0.717, 1.165) is 12.2 Å². The Morgan fingerprint density at radius 3 is 2.16 bits per heavy atom. The van der Waals surface area contributed by atoms with Gasteiger partial charge in [0.2, 0.25) is 0 Å². The summed E-state index contributed by atoms with van der Waals surface area (Å²) in [5.74, 6) is 7.29. The molecule has 0 fully saturated rings. The maximum Gasteiger partial charge on any atom is 0.0341 e. The van der Waals surface area contributed by atoms with Gasteiger partial charge >= 0.3 is 0 Å². The van der Waals surface area contributed by atoms with E-state index >= 15 is 0 Å². The molecule has 3 N–H and O–H groups in total. The van der Waals surface area contributed by atoms with Crippen molar-refractivity contribution in [1.29, 1.82) is 0 Å². The fourth-order valence-corrected chi connectivity index (χ4v) is 2.75. The minimum Gasteiger partial charge on any atom is -0.271 e. The van der Waals surface area contributed by atoms with E-state index in [2.05, 4.69) is 64.3 Å². The van der Waals surface area contributed by atoms with Crippen LogP contribution in [0.4, 0.5) is 0 Å². The lowest BCUT2D eigenvalue weighted by Crippen LogP contribution is -2.39.